The molecule has 1 fully saturated rings. The summed E-state index contributed by atoms with van der Waals surface area (Å²) in [5.41, 5.74) is 1.85. The Hall–Kier alpha value is -1.51. The molecule has 1 aliphatic carbocycles. The summed E-state index contributed by atoms with van der Waals surface area (Å²) in [7, 11) is 0. The van der Waals surface area contributed by atoms with Crippen LogP contribution >= 0.6 is 0 Å². The maximum Gasteiger partial charge on any atom is 0.310 e. The Labute approximate surface area is 114 Å². The number of esters is 1. The lowest BCUT2D eigenvalue weighted by Crippen LogP contribution is -2.08. The average molecular weight is 262 g/mol. The average Bonchev–Trinajstić information content (AvgIpc) is 2.42. The lowest BCUT2D eigenvalue weighted by molar-refractivity contribution is -0.142. The Bertz CT molecular complexity index is 434. The second-order valence-corrected chi connectivity index (χ2v) is 5.20. The van der Waals surface area contributed by atoms with Crippen LogP contribution in [0.4, 0.5) is 0 Å². The SMILES string of the molecule is CCOC(=O)Cc1ccc(C2CCCCC2)cc1O. The molecule has 1 aliphatic rings. The highest BCUT2D eigenvalue weighted by Crippen LogP contribution is 2.34. The Morgan fingerprint density at radius 2 is 2.05 bits per heavy atom. The number of rotatable bonds is 4. The Morgan fingerprint density at radius 3 is 2.68 bits per heavy atom. The number of ether oxygens (including phenoxy) is 1. The molecule has 0 radical (unpaired) electrons. The maximum absolute atomic E-state index is 11.4. The van der Waals surface area contributed by atoms with Crippen molar-refractivity contribution in [1.29, 1.82) is 0 Å². The van der Waals surface area contributed by atoms with E-state index in [1.54, 1.807) is 6.92 Å². The van der Waals surface area contributed by atoms with E-state index >= 15 is 0 Å². The van der Waals surface area contributed by atoms with Gasteiger partial charge in [0.15, 0.2) is 0 Å². The van der Waals surface area contributed by atoms with Gasteiger partial charge in [-0.2, -0.15) is 0 Å². The minimum Gasteiger partial charge on any atom is -0.508 e. The predicted octanol–water partition coefficient (Wildman–Crippen LogP) is 3.55. The summed E-state index contributed by atoms with van der Waals surface area (Å²) in [4.78, 5) is 11.4. The van der Waals surface area contributed by atoms with E-state index in [-0.39, 0.29) is 18.1 Å². The minimum atomic E-state index is -0.289. The number of phenols is 1. The number of hydrogen-bond acceptors (Lipinski definition) is 3. The molecule has 104 valence electrons. The van der Waals surface area contributed by atoms with Crippen molar-refractivity contribution < 1.29 is 14.6 Å². The molecular weight excluding hydrogens is 240 g/mol. The number of carbonyl (C=O) groups excluding carboxylic acids is 1. The normalized spacial score (nSPS) is 16.3. The van der Waals surface area contributed by atoms with Crippen LogP contribution in [0.3, 0.4) is 0 Å². The van der Waals surface area contributed by atoms with Crippen LogP contribution < -0.4 is 0 Å². The van der Waals surface area contributed by atoms with Crippen molar-refractivity contribution in [3.63, 3.8) is 0 Å². The highest BCUT2D eigenvalue weighted by Gasteiger charge is 2.17. The van der Waals surface area contributed by atoms with Gasteiger partial charge in [-0.25, -0.2) is 0 Å². The Balaban J connectivity index is 2.05. The van der Waals surface area contributed by atoms with Gasteiger partial charge in [-0.15, -0.1) is 0 Å². The molecule has 1 aromatic carbocycles. The third-order valence-electron chi connectivity index (χ3n) is 3.83. The molecular formula is C16H22O3. The number of aromatic hydroxyl groups is 1. The highest BCUT2D eigenvalue weighted by atomic mass is 16.5. The molecule has 0 amide bonds. The topological polar surface area (TPSA) is 46.5 Å². The van der Waals surface area contributed by atoms with Gasteiger partial charge in [0.2, 0.25) is 0 Å². The zero-order valence-corrected chi connectivity index (χ0v) is 11.5. The van der Waals surface area contributed by atoms with Gasteiger partial charge >= 0.3 is 5.97 Å². The number of carbonyl (C=O) groups is 1. The molecule has 0 bridgehead atoms. The predicted molar refractivity (Wildman–Crippen MR) is 74.3 cm³/mol. The first-order valence-electron chi connectivity index (χ1n) is 7.18. The number of hydrogen-bond donors (Lipinski definition) is 1. The molecule has 1 saturated carbocycles. The first-order chi connectivity index (χ1) is 9.20. The number of benzene rings is 1. The third-order valence-corrected chi connectivity index (χ3v) is 3.83. The van der Waals surface area contributed by atoms with Crippen molar-refractivity contribution in [3.05, 3.63) is 29.3 Å². The van der Waals surface area contributed by atoms with Gasteiger partial charge in [0.05, 0.1) is 13.0 Å². The molecule has 1 aromatic rings. The van der Waals surface area contributed by atoms with Crippen molar-refractivity contribution in [2.24, 2.45) is 0 Å². The van der Waals surface area contributed by atoms with Crippen LogP contribution in [0.1, 0.15) is 56.1 Å². The van der Waals surface area contributed by atoms with Gasteiger partial charge in [0, 0.05) is 5.56 Å². The Morgan fingerprint density at radius 1 is 1.32 bits per heavy atom. The van der Waals surface area contributed by atoms with Crippen LogP contribution in [-0.4, -0.2) is 17.7 Å². The fourth-order valence-corrected chi connectivity index (χ4v) is 2.79. The molecule has 0 saturated heterocycles. The molecule has 3 nitrogen and oxygen atoms in total. The molecule has 0 spiro atoms. The van der Waals surface area contributed by atoms with Gasteiger partial charge < -0.3 is 9.84 Å². The van der Waals surface area contributed by atoms with E-state index in [9.17, 15) is 9.90 Å². The summed E-state index contributed by atoms with van der Waals surface area (Å²) in [6.45, 7) is 2.16. The van der Waals surface area contributed by atoms with Gasteiger partial charge in [-0.05, 0) is 37.3 Å². The molecule has 0 aromatic heterocycles. The van der Waals surface area contributed by atoms with E-state index in [1.165, 1.54) is 37.7 Å². The van der Waals surface area contributed by atoms with Crippen LogP contribution in [0.15, 0.2) is 18.2 Å². The summed E-state index contributed by atoms with van der Waals surface area (Å²) in [5, 5.41) is 10.0. The lowest BCUT2D eigenvalue weighted by Gasteiger charge is -2.22. The van der Waals surface area contributed by atoms with Crippen LogP contribution in [0, 0.1) is 0 Å². The summed E-state index contributed by atoms with van der Waals surface area (Å²) in [6, 6.07) is 5.73. The minimum absolute atomic E-state index is 0.143. The van der Waals surface area contributed by atoms with Crippen LogP contribution in [0.25, 0.3) is 0 Å². The van der Waals surface area contributed by atoms with Crippen molar-refractivity contribution in [2.45, 2.75) is 51.4 Å². The van der Waals surface area contributed by atoms with E-state index in [0.717, 1.165) is 0 Å². The largest absolute Gasteiger partial charge is 0.508 e. The van der Waals surface area contributed by atoms with Gasteiger partial charge in [0.25, 0.3) is 0 Å². The van der Waals surface area contributed by atoms with Crippen molar-refractivity contribution in [2.75, 3.05) is 6.61 Å². The van der Waals surface area contributed by atoms with Crippen molar-refractivity contribution in [1.82, 2.24) is 0 Å². The van der Waals surface area contributed by atoms with Crippen molar-refractivity contribution >= 4 is 5.97 Å². The first-order valence-corrected chi connectivity index (χ1v) is 7.18. The molecule has 0 aliphatic heterocycles. The molecule has 0 unspecified atom stereocenters. The smallest absolute Gasteiger partial charge is 0.310 e. The summed E-state index contributed by atoms with van der Waals surface area (Å²) in [6.07, 6.45) is 6.42. The third kappa shape index (κ3) is 3.72. The van der Waals surface area contributed by atoms with Crippen LogP contribution in [0.5, 0.6) is 5.75 Å². The zero-order valence-electron chi connectivity index (χ0n) is 11.5. The number of phenolic OH excluding ortho intramolecular Hbond substituents is 1. The monoisotopic (exact) mass is 262 g/mol. The van der Waals surface area contributed by atoms with Gasteiger partial charge in [0.1, 0.15) is 5.75 Å². The van der Waals surface area contributed by atoms with Crippen molar-refractivity contribution in [3.8, 4) is 5.75 Å². The van der Waals surface area contributed by atoms with E-state index in [0.29, 0.717) is 18.1 Å². The van der Waals surface area contributed by atoms with Gasteiger partial charge in [-0.1, -0.05) is 31.4 Å². The van der Waals surface area contributed by atoms with E-state index in [1.807, 2.05) is 18.2 Å². The second-order valence-electron chi connectivity index (χ2n) is 5.20. The zero-order chi connectivity index (χ0) is 13.7. The summed E-state index contributed by atoms with van der Waals surface area (Å²) < 4.78 is 4.90. The first kappa shape index (κ1) is 13.9. The second kappa shape index (κ2) is 6.60. The fraction of sp³-hybridized carbons (Fsp3) is 0.562. The molecule has 3 heteroatoms. The van der Waals surface area contributed by atoms with Crippen LogP contribution in [0.2, 0.25) is 0 Å². The van der Waals surface area contributed by atoms with Crippen LogP contribution in [-0.2, 0) is 16.0 Å². The molecule has 19 heavy (non-hydrogen) atoms. The Kier molecular flexibility index (Phi) is 4.83. The lowest BCUT2D eigenvalue weighted by atomic mass is 9.83. The maximum atomic E-state index is 11.4. The molecule has 0 heterocycles. The summed E-state index contributed by atoms with van der Waals surface area (Å²) >= 11 is 0. The molecule has 0 atom stereocenters. The standard InChI is InChI=1S/C16H22O3/c1-2-19-16(18)11-14-9-8-13(10-15(14)17)12-6-4-3-5-7-12/h8-10,12,17H,2-7,11H2,1H3. The van der Waals surface area contributed by atoms with Gasteiger partial charge in [-0.3, -0.25) is 4.79 Å². The van der Waals surface area contributed by atoms with E-state index in [2.05, 4.69) is 0 Å². The van der Waals surface area contributed by atoms with E-state index < -0.39 is 0 Å². The molecule has 1 N–H and O–H groups in total. The quantitative estimate of drug-likeness (QED) is 0.844. The fourth-order valence-electron chi connectivity index (χ4n) is 2.79. The summed E-state index contributed by atoms with van der Waals surface area (Å²) in [5.74, 6) is 0.496. The molecule has 2 rings (SSSR count). The highest BCUT2D eigenvalue weighted by molar-refractivity contribution is 5.73. The van der Waals surface area contributed by atoms with E-state index in [4.69, 9.17) is 4.74 Å².